The van der Waals surface area contributed by atoms with Gasteiger partial charge in [0.15, 0.2) is 0 Å². The standard InChI is InChI=1S/C21H15Cl2N3O4/c22-17-7-3-1-5-13(17)12-24-20(27)16-6-2-4-8-19(16)25-21(28)15-10-9-14(26(29)30)11-18(15)23/h1-11H,12H2,(H,24,27)(H,25,28). The molecule has 3 aromatic carbocycles. The minimum Gasteiger partial charge on any atom is -0.348 e. The molecular formula is C21H15Cl2N3O4. The Labute approximate surface area is 181 Å². The fourth-order valence-corrected chi connectivity index (χ4v) is 3.16. The maximum absolute atomic E-state index is 12.6. The van der Waals surface area contributed by atoms with Crippen molar-refractivity contribution < 1.29 is 14.5 Å². The van der Waals surface area contributed by atoms with Crippen LogP contribution in [0.5, 0.6) is 0 Å². The van der Waals surface area contributed by atoms with E-state index in [2.05, 4.69) is 10.6 Å². The number of nitro groups is 1. The van der Waals surface area contributed by atoms with Gasteiger partial charge < -0.3 is 10.6 Å². The molecule has 2 N–H and O–H groups in total. The number of benzene rings is 3. The fourth-order valence-electron chi connectivity index (χ4n) is 2.69. The lowest BCUT2D eigenvalue weighted by molar-refractivity contribution is -0.384. The number of hydrogen-bond acceptors (Lipinski definition) is 4. The first-order chi connectivity index (χ1) is 14.4. The van der Waals surface area contributed by atoms with E-state index in [9.17, 15) is 19.7 Å². The summed E-state index contributed by atoms with van der Waals surface area (Å²) in [6.45, 7) is 0.217. The van der Waals surface area contributed by atoms with Crippen LogP contribution in [0.3, 0.4) is 0 Å². The van der Waals surface area contributed by atoms with Gasteiger partial charge in [-0.05, 0) is 29.8 Å². The molecule has 0 spiro atoms. The highest BCUT2D eigenvalue weighted by Gasteiger charge is 2.18. The summed E-state index contributed by atoms with van der Waals surface area (Å²) in [5.41, 5.74) is 1.10. The second-order valence-corrected chi connectivity index (χ2v) is 7.01. The molecule has 0 aromatic heterocycles. The van der Waals surface area contributed by atoms with Crippen LogP contribution in [-0.4, -0.2) is 16.7 Å². The molecule has 0 unspecified atom stereocenters. The second kappa shape index (κ2) is 9.39. The first-order valence-corrected chi connectivity index (χ1v) is 9.48. The highest BCUT2D eigenvalue weighted by atomic mass is 35.5. The molecule has 3 rings (SSSR count). The van der Waals surface area contributed by atoms with Crippen LogP contribution in [0.4, 0.5) is 11.4 Å². The third-order valence-corrected chi connectivity index (χ3v) is 4.91. The number of carbonyl (C=O) groups is 2. The van der Waals surface area contributed by atoms with Gasteiger partial charge >= 0.3 is 0 Å². The molecule has 152 valence electrons. The van der Waals surface area contributed by atoms with Crippen LogP contribution >= 0.6 is 23.2 Å². The van der Waals surface area contributed by atoms with Crippen LogP contribution in [0.25, 0.3) is 0 Å². The maximum Gasteiger partial charge on any atom is 0.270 e. The first-order valence-electron chi connectivity index (χ1n) is 8.72. The zero-order chi connectivity index (χ0) is 21.7. The summed E-state index contributed by atoms with van der Waals surface area (Å²) in [5, 5.41) is 16.7. The van der Waals surface area contributed by atoms with E-state index in [1.807, 2.05) is 6.07 Å². The summed E-state index contributed by atoms with van der Waals surface area (Å²) in [7, 11) is 0. The van der Waals surface area contributed by atoms with Gasteiger partial charge in [-0.25, -0.2) is 0 Å². The Morgan fingerprint density at radius 1 is 0.867 bits per heavy atom. The number of rotatable bonds is 6. The number of nitrogens with zero attached hydrogens (tertiary/aromatic N) is 1. The molecule has 3 aromatic rings. The minimum absolute atomic E-state index is 0.0496. The summed E-state index contributed by atoms with van der Waals surface area (Å²) in [5.74, 6) is -0.998. The van der Waals surface area contributed by atoms with Gasteiger partial charge in [-0.1, -0.05) is 53.5 Å². The van der Waals surface area contributed by atoms with E-state index < -0.39 is 16.7 Å². The number of anilines is 1. The van der Waals surface area contributed by atoms with Gasteiger partial charge in [-0.15, -0.1) is 0 Å². The molecule has 2 amide bonds. The third-order valence-electron chi connectivity index (χ3n) is 4.23. The molecule has 7 nitrogen and oxygen atoms in total. The zero-order valence-corrected chi connectivity index (χ0v) is 16.9. The lowest BCUT2D eigenvalue weighted by Gasteiger charge is -2.12. The monoisotopic (exact) mass is 443 g/mol. The number of hydrogen-bond donors (Lipinski definition) is 2. The van der Waals surface area contributed by atoms with Crippen LogP contribution in [0.15, 0.2) is 66.7 Å². The van der Waals surface area contributed by atoms with Crippen molar-refractivity contribution >= 4 is 46.4 Å². The number of nitrogens with one attached hydrogen (secondary N) is 2. The van der Waals surface area contributed by atoms with Crippen LogP contribution in [-0.2, 0) is 6.54 Å². The van der Waals surface area contributed by atoms with Crippen LogP contribution in [0.2, 0.25) is 10.0 Å². The normalized spacial score (nSPS) is 10.3. The van der Waals surface area contributed by atoms with Crippen molar-refractivity contribution in [2.24, 2.45) is 0 Å². The molecule has 0 bridgehead atoms. The van der Waals surface area contributed by atoms with E-state index >= 15 is 0 Å². The van der Waals surface area contributed by atoms with Crippen molar-refractivity contribution in [3.8, 4) is 0 Å². The maximum atomic E-state index is 12.6. The molecular weight excluding hydrogens is 429 g/mol. The molecule has 0 saturated carbocycles. The topological polar surface area (TPSA) is 101 Å². The SMILES string of the molecule is O=C(Nc1ccccc1C(=O)NCc1ccccc1Cl)c1ccc([N+](=O)[O-])cc1Cl. The molecule has 30 heavy (non-hydrogen) atoms. The lowest BCUT2D eigenvalue weighted by atomic mass is 10.1. The van der Waals surface area contributed by atoms with Crippen molar-refractivity contribution in [2.75, 3.05) is 5.32 Å². The van der Waals surface area contributed by atoms with Gasteiger partial charge in [0.25, 0.3) is 17.5 Å². The van der Waals surface area contributed by atoms with Crippen LogP contribution in [0.1, 0.15) is 26.3 Å². The zero-order valence-electron chi connectivity index (χ0n) is 15.4. The molecule has 0 saturated heterocycles. The lowest BCUT2D eigenvalue weighted by Crippen LogP contribution is -2.25. The van der Waals surface area contributed by atoms with Gasteiger partial charge in [0.1, 0.15) is 0 Å². The Hall–Kier alpha value is -3.42. The van der Waals surface area contributed by atoms with Crippen LogP contribution < -0.4 is 10.6 Å². The molecule has 9 heteroatoms. The summed E-state index contributed by atoms with van der Waals surface area (Å²) < 4.78 is 0. The molecule has 0 fully saturated rings. The molecule has 0 aliphatic carbocycles. The number of halogens is 2. The Morgan fingerprint density at radius 3 is 2.27 bits per heavy atom. The van der Waals surface area contributed by atoms with Gasteiger partial charge in [0.05, 0.1) is 26.8 Å². The number of para-hydroxylation sites is 1. The average Bonchev–Trinajstić information content (AvgIpc) is 2.73. The number of nitro benzene ring substituents is 1. The van der Waals surface area contributed by atoms with Crippen molar-refractivity contribution in [3.05, 3.63) is 104 Å². The highest BCUT2D eigenvalue weighted by Crippen LogP contribution is 2.24. The third kappa shape index (κ3) is 4.94. The van der Waals surface area contributed by atoms with Crippen molar-refractivity contribution in [1.82, 2.24) is 5.32 Å². The minimum atomic E-state index is -0.605. The molecule has 0 aliphatic heterocycles. The molecule has 0 heterocycles. The Morgan fingerprint density at radius 2 is 1.57 bits per heavy atom. The van der Waals surface area contributed by atoms with E-state index in [0.29, 0.717) is 5.02 Å². The smallest absolute Gasteiger partial charge is 0.270 e. The quantitative estimate of drug-likeness (QED) is 0.409. The first kappa shape index (κ1) is 21.3. The summed E-state index contributed by atoms with van der Waals surface area (Å²) in [4.78, 5) is 35.5. The Balaban J connectivity index is 1.76. The Kier molecular flexibility index (Phi) is 6.66. The molecule has 0 aliphatic rings. The highest BCUT2D eigenvalue weighted by molar-refractivity contribution is 6.34. The van der Waals surface area contributed by atoms with Gasteiger partial charge in [0.2, 0.25) is 0 Å². The van der Waals surface area contributed by atoms with E-state index in [1.165, 1.54) is 12.1 Å². The van der Waals surface area contributed by atoms with Gasteiger partial charge in [-0.2, -0.15) is 0 Å². The predicted octanol–water partition coefficient (Wildman–Crippen LogP) is 5.08. The van der Waals surface area contributed by atoms with Crippen molar-refractivity contribution in [2.45, 2.75) is 6.54 Å². The van der Waals surface area contributed by atoms with Crippen LogP contribution in [0, 0.1) is 10.1 Å². The fraction of sp³-hybridized carbons (Fsp3) is 0.0476. The van der Waals surface area contributed by atoms with E-state index in [-0.39, 0.29) is 34.1 Å². The van der Waals surface area contributed by atoms with Gasteiger partial charge in [0, 0.05) is 23.7 Å². The average molecular weight is 444 g/mol. The summed E-state index contributed by atoms with van der Waals surface area (Å²) in [6.07, 6.45) is 0. The van der Waals surface area contributed by atoms with Crippen molar-refractivity contribution in [1.29, 1.82) is 0 Å². The van der Waals surface area contributed by atoms with Crippen molar-refractivity contribution in [3.63, 3.8) is 0 Å². The number of non-ortho nitro benzene ring substituents is 1. The Bertz CT molecular complexity index is 1130. The van der Waals surface area contributed by atoms with E-state index in [0.717, 1.165) is 11.6 Å². The predicted molar refractivity (Wildman–Crippen MR) is 115 cm³/mol. The second-order valence-electron chi connectivity index (χ2n) is 6.20. The summed E-state index contributed by atoms with van der Waals surface area (Å²) >= 11 is 12.1. The molecule has 0 radical (unpaired) electrons. The summed E-state index contributed by atoms with van der Waals surface area (Å²) in [6, 6.07) is 17.1. The number of carbonyl (C=O) groups excluding carboxylic acids is 2. The van der Waals surface area contributed by atoms with E-state index in [4.69, 9.17) is 23.2 Å². The van der Waals surface area contributed by atoms with E-state index in [1.54, 1.807) is 42.5 Å². The molecule has 0 atom stereocenters. The number of amides is 2. The largest absolute Gasteiger partial charge is 0.348 e. The van der Waals surface area contributed by atoms with Gasteiger partial charge in [-0.3, -0.25) is 19.7 Å².